The highest BCUT2D eigenvalue weighted by Crippen LogP contribution is 2.26. The monoisotopic (exact) mass is 398 g/mol. The summed E-state index contributed by atoms with van der Waals surface area (Å²) in [4.78, 5) is 25.9. The summed E-state index contributed by atoms with van der Waals surface area (Å²) in [6.45, 7) is 0.667. The molecule has 2 aromatic carbocycles. The molecule has 1 atom stereocenters. The van der Waals surface area contributed by atoms with Crippen LogP contribution in [0.15, 0.2) is 48.5 Å². The number of carboxylic acid groups (broad SMARTS) is 1. The molecular weight excluding hydrogens is 372 g/mol. The number of ether oxygens (including phenoxy) is 2. The molecule has 1 amide bonds. The lowest BCUT2D eigenvalue weighted by Gasteiger charge is -2.24. The Kier molecular flexibility index (Phi) is 6.72. The third-order valence-electron chi connectivity index (χ3n) is 5.20. The summed E-state index contributed by atoms with van der Waals surface area (Å²) in [7, 11) is 3.21. The number of hydrogen-bond acceptors (Lipinski definition) is 5. The predicted molar refractivity (Wildman–Crippen MR) is 108 cm³/mol. The largest absolute Gasteiger partial charge is 0.497 e. The fraction of sp³-hybridized carbons (Fsp3) is 0.364. The number of carboxylic acids is 1. The van der Waals surface area contributed by atoms with Gasteiger partial charge in [0, 0.05) is 0 Å². The van der Waals surface area contributed by atoms with Gasteiger partial charge < -0.3 is 19.9 Å². The van der Waals surface area contributed by atoms with Crippen LogP contribution in [-0.2, 0) is 9.59 Å². The molecule has 7 nitrogen and oxygen atoms in total. The molecule has 0 radical (unpaired) electrons. The second-order valence-corrected chi connectivity index (χ2v) is 7.01. The van der Waals surface area contributed by atoms with E-state index in [1.165, 1.54) is 0 Å². The summed E-state index contributed by atoms with van der Waals surface area (Å²) >= 11 is 0. The Bertz CT molecular complexity index is 788. The van der Waals surface area contributed by atoms with Crippen molar-refractivity contribution in [2.75, 3.05) is 27.3 Å². The molecule has 0 aromatic heterocycles. The lowest BCUT2D eigenvalue weighted by Crippen LogP contribution is -2.43. The number of likely N-dealkylation sites (tertiary alicyclic amines) is 1. The maximum absolute atomic E-state index is 12.8. The average Bonchev–Trinajstić information content (AvgIpc) is 3.20. The molecule has 1 fully saturated rings. The fourth-order valence-corrected chi connectivity index (χ4v) is 3.64. The first-order valence-electron chi connectivity index (χ1n) is 9.56. The third kappa shape index (κ3) is 5.06. The number of benzene rings is 2. The zero-order chi connectivity index (χ0) is 20.8. The number of hydrogen-bond donors (Lipinski definition) is 2. The summed E-state index contributed by atoms with van der Waals surface area (Å²) in [5.41, 5.74) is 1.81. The molecule has 7 heteroatoms. The van der Waals surface area contributed by atoms with Crippen molar-refractivity contribution in [1.82, 2.24) is 10.2 Å². The number of rotatable bonds is 8. The summed E-state index contributed by atoms with van der Waals surface area (Å²) in [6, 6.07) is 14.0. The number of methoxy groups -OCH3 is 2. The Morgan fingerprint density at radius 2 is 1.55 bits per heavy atom. The second-order valence-electron chi connectivity index (χ2n) is 7.01. The molecule has 154 valence electrons. The average molecular weight is 398 g/mol. The second kappa shape index (κ2) is 9.43. The van der Waals surface area contributed by atoms with Gasteiger partial charge in [0.15, 0.2) is 0 Å². The summed E-state index contributed by atoms with van der Waals surface area (Å²) in [6.07, 6.45) is 1.35. The van der Waals surface area contributed by atoms with E-state index < -0.39 is 12.0 Å². The van der Waals surface area contributed by atoms with Gasteiger partial charge in [0.1, 0.15) is 17.5 Å². The van der Waals surface area contributed by atoms with E-state index in [1.807, 2.05) is 48.5 Å². The van der Waals surface area contributed by atoms with Gasteiger partial charge in [-0.1, -0.05) is 24.3 Å². The molecule has 1 aliphatic heterocycles. The van der Waals surface area contributed by atoms with Gasteiger partial charge in [-0.15, -0.1) is 0 Å². The Hall–Kier alpha value is -3.06. The topological polar surface area (TPSA) is 88.1 Å². The number of nitrogens with one attached hydrogen (secondary N) is 1. The molecule has 0 bridgehead atoms. The van der Waals surface area contributed by atoms with Crippen molar-refractivity contribution in [1.29, 1.82) is 0 Å². The van der Waals surface area contributed by atoms with Gasteiger partial charge in [0.2, 0.25) is 5.91 Å². The highest BCUT2D eigenvalue weighted by atomic mass is 16.5. The molecule has 0 saturated carbocycles. The molecule has 1 aliphatic rings. The van der Waals surface area contributed by atoms with Gasteiger partial charge in [0.25, 0.3) is 0 Å². The molecule has 2 aromatic rings. The van der Waals surface area contributed by atoms with Crippen LogP contribution >= 0.6 is 0 Å². The maximum Gasteiger partial charge on any atom is 0.320 e. The highest BCUT2D eigenvalue weighted by Gasteiger charge is 2.32. The van der Waals surface area contributed by atoms with Crippen molar-refractivity contribution < 1.29 is 24.2 Å². The first kappa shape index (κ1) is 20.7. The number of carbonyl (C=O) groups is 2. The Labute approximate surface area is 170 Å². The van der Waals surface area contributed by atoms with Crippen LogP contribution in [0.25, 0.3) is 0 Å². The summed E-state index contributed by atoms with van der Waals surface area (Å²) in [5, 5.41) is 12.4. The van der Waals surface area contributed by atoms with Gasteiger partial charge in [-0.05, 0) is 54.8 Å². The first-order chi connectivity index (χ1) is 14.0. The minimum atomic E-state index is -0.878. The quantitative estimate of drug-likeness (QED) is 0.710. The highest BCUT2D eigenvalue weighted by molar-refractivity contribution is 5.81. The molecule has 0 aliphatic carbocycles. The Balaban J connectivity index is 1.80. The van der Waals surface area contributed by atoms with Crippen molar-refractivity contribution in [3.05, 3.63) is 59.7 Å². The van der Waals surface area contributed by atoms with Crippen molar-refractivity contribution in [2.45, 2.75) is 24.9 Å². The van der Waals surface area contributed by atoms with E-state index in [0.29, 0.717) is 13.0 Å². The van der Waals surface area contributed by atoms with Crippen LogP contribution in [0, 0.1) is 0 Å². The van der Waals surface area contributed by atoms with Crippen LogP contribution in [-0.4, -0.2) is 55.2 Å². The lowest BCUT2D eigenvalue weighted by molar-refractivity contribution is -0.142. The van der Waals surface area contributed by atoms with E-state index in [4.69, 9.17) is 9.47 Å². The van der Waals surface area contributed by atoms with Gasteiger partial charge >= 0.3 is 5.97 Å². The van der Waals surface area contributed by atoms with Crippen LogP contribution in [0.2, 0.25) is 0 Å². The van der Waals surface area contributed by atoms with Crippen molar-refractivity contribution in [3.8, 4) is 11.5 Å². The van der Waals surface area contributed by atoms with Crippen LogP contribution in [0.1, 0.15) is 30.0 Å². The Morgan fingerprint density at radius 1 is 1.03 bits per heavy atom. The minimum Gasteiger partial charge on any atom is -0.497 e. The zero-order valence-corrected chi connectivity index (χ0v) is 16.6. The van der Waals surface area contributed by atoms with E-state index >= 15 is 0 Å². The number of aliphatic carboxylic acids is 1. The maximum atomic E-state index is 12.8. The minimum absolute atomic E-state index is 0.0553. The third-order valence-corrected chi connectivity index (χ3v) is 5.20. The standard InChI is InChI=1S/C22H26N2O5/c1-28-17-9-5-15(6-10-17)21(16-7-11-18(29-2)12-8-16)23-20(25)14-24-13-3-4-19(24)22(26)27/h5-12,19,21H,3-4,13-14H2,1-2H3,(H,23,25)(H,26,27)/t19-/m0/s1. The van der Waals surface area contributed by atoms with Crippen molar-refractivity contribution >= 4 is 11.9 Å². The van der Waals surface area contributed by atoms with Gasteiger partial charge in [-0.25, -0.2) is 0 Å². The van der Waals surface area contributed by atoms with E-state index in [2.05, 4.69) is 5.32 Å². The Morgan fingerprint density at radius 3 is 2.00 bits per heavy atom. The van der Waals surface area contributed by atoms with Crippen molar-refractivity contribution in [3.63, 3.8) is 0 Å². The lowest BCUT2D eigenvalue weighted by atomic mass is 9.98. The van der Waals surface area contributed by atoms with E-state index in [0.717, 1.165) is 29.0 Å². The predicted octanol–water partition coefficient (Wildman–Crippen LogP) is 2.46. The fourth-order valence-electron chi connectivity index (χ4n) is 3.64. The van der Waals surface area contributed by atoms with Gasteiger partial charge in [-0.3, -0.25) is 14.5 Å². The number of carbonyl (C=O) groups excluding carboxylic acids is 1. The van der Waals surface area contributed by atoms with Crippen LogP contribution < -0.4 is 14.8 Å². The molecular formula is C22H26N2O5. The van der Waals surface area contributed by atoms with E-state index in [-0.39, 0.29) is 18.5 Å². The van der Waals surface area contributed by atoms with Gasteiger partial charge in [0.05, 0.1) is 26.8 Å². The van der Waals surface area contributed by atoms with E-state index in [9.17, 15) is 14.7 Å². The molecule has 2 N–H and O–H groups in total. The summed E-state index contributed by atoms with van der Waals surface area (Å²) in [5.74, 6) is 0.372. The molecule has 3 rings (SSSR count). The smallest absolute Gasteiger partial charge is 0.320 e. The SMILES string of the molecule is COc1ccc(C(NC(=O)CN2CCC[C@H]2C(=O)O)c2ccc(OC)cc2)cc1. The molecule has 0 spiro atoms. The zero-order valence-electron chi connectivity index (χ0n) is 16.6. The first-order valence-corrected chi connectivity index (χ1v) is 9.56. The molecule has 1 heterocycles. The van der Waals surface area contributed by atoms with Crippen LogP contribution in [0.4, 0.5) is 0 Å². The summed E-state index contributed by atoms with van der Waals surface area (Å²) < 4.78 is 10.4. The molecule has 0 unspecified atom stereocenters. The molecule has 29 heavy (non-hydrogen) atoms. The number of amides is 1. The normalized spacial score (nSPS) is 16.6. The van der Waals surface area contributed by atoms with Crippen LogP contribution in [0.3, 0.4) is 0 Å². The molecule has 1 saturated heterocycles. The van der Waals surface area contributed by atoms with Gasteiger partial charge in [-0.2, -0.15) is 0 Å². The van der Waals surface area contributed by atoms with E-state index in [1.54, 1.807) is 19.1 Å². The van der Waals surface area contributed by atoms with Crippen LogP contribution in [0.5, 0.6) is 11.5 Å². The number of nitrogens with zero attached hydrogens (tertiary/aromatic N) is 1. The van der Waals surface area contributed by atoms with Crippen molar-refractivity contribution in [2.24, 2.45) is 0 Å².